The maximum atomic E-state index is 13.1. The van der Waals surface area contributed by atoms with E-state index < -0.39 is 23.4 Å². The summed E-state index contributed by atoms with van der Waals surface area (Å²) in [6.45, 7) is 2.08. The van der Waals surface area contributed by atoms with Crippen molar-refractivity contribution in [2.24, 2.45) is 0 Å². The molecule has 5 rings (SSSR count). The number of rotatable bonds is 5. The van der Waals surface area contributed by atoms with Gasteiger partial charge in [-0.1, -0.05) is 65.7 Å². The first kappa shape index (κ1) is 22.7. The first-order valence-corrected chi connectivity index (χ1v) is 11.6. The molecule has 2 aliphatic heterocycles. The molecular weight excluding hydrogens is 477 g/mol. The lowest BCUT2D eigenvalue weighted by Gasteiger charge is -2.25. The van der Waals surface area contributed by atoms with E-state index >= 15 is 0 Å². The normalized spacial score (nSPS) is 25.3. The summed E-state index contributed by atoms with van der Waals surface area (Å²) in [7, 11) is 0. The van der Waals surface area contributed by atoms with E-state index in [9.17, 15) is 14.9 Å². The van der Waals surface area contributed by atoms with Gasteiger partial charge >= 0.3 is 0 Å². The molecule has 34 heavy (non-hydrogen) atoms. The zero-order valence-electron chi connectivity index (χ0n) is 18.1. The van der Waals surface area contributed by atoms with Crippen LogP contribution >= 0.6 is 23.2 Å². The van der Waals surface area contributed by atoms with Gasteiger partial charge in [0.05, 0.1) is 10.9 Å². The lowest BCUT2D eigenvalue weighted by molar-refractivity contribution is -0.532. The highest BCUT2D eigenvalue weighted by Gasteiger charge is 2.67. The zero-order valence-corrected chi connectivity index (χ0v) is 19.6. The summed E-state index contributed by atoms with van der Waals surface area (Å²) < 4.78 is 5.85. The Morgan fingerprint density at radius 3 is 2.53 bits per heavy atom. The molecule has 0 aromatic heterocycles. The van der Waals surface area contributed by atoms with Gasteiger partial charge in [0.25, 0.3) is 11.9 Å². The van der Waals surface area contributed by atoms with Crippen molar-refractivity contribution in [2.75, 3.05) is 5.32 Å². The van der Waals surface area contributed by atoms with Crippen molar-refractivity contribution in [2.45, 2.75) is 37.1 Å². The number of hydrogen-bond donors (Lipinski definition) is 2. The number of para-hydroxylation sites is 1. The summed E-state index contributed by atoms with van der Waals surface area (Å²) in [5.74, 6) is -0.571. The molecule has 4 atom stereocenters. The number of carbonyl (C=O) groups is 1. The van der Waals surface area contributed by atoms with Gasteiger partial charge in [-0.15, -0.1) is 0 Å². The molecule has 1 saturated heterocycles. The van der Waals surface area contributed by atoms with Gasteiger partial charge in [0.2, 0.25) is 0 Å². The molecule has 2 N–H and O–H groups in total. The summed E-state index contributed by atoms with van der Waals surface area (Å²) in [6.07, 6.45) is 0. The number of hydrogen-bond acceptors (Lipinski definition) is 5. The van der Waals surface area contributed by atoms with Gasteiger partial charge in [0.15, 0.2) is 5.54 Å². The van der Waals surface area contributed by atoms with E-state index in [-0.39, 0.29) is 17.6 Å². The van der Waals surface area contributed by atoms with Gasteiger partial charge in [-0.3, -0.25) is 20.2 Å². The highest BCUT2D eigenvalue weighted by Crippen LogP contribution is 2.50. The minimum atomic E-state index is -1.46. The fraction of sp³-hybridized carbons (Fsp3) is 0.240. The van der Waals surface area contributed by atoms with E-state index in [0.717, 1.165) is 5.56 Å². The Labute approximate surface area is 206 Å². The zero-order chi connectivity index (χ0) is 24.0. The molecule has 1 amide bonds. The highest BCUT2D eigenvalue weighted by molar-refractivity contribution is 6.32. The number of nitro groups is 1. The number of ether oxygens (including phenoxy) is 1. The first-order chi connectivity index (χ1) is 16.3. The molecule has 0 bridgehead atoms. The lowest BCUT2D eigenvalue weighted by atomic mass is 9.78. The van der Waals surface area contributed by atoms with Crippen LogP contribution in [0.5, 0.6) is 5.75 Å². The Kier molecular flexibility index (Phi) is 5.72. The second-order valence-electron chi connectivity index (χ2n) is 8.57. The quantitative estimate of drug-likeness (QED) is 0.375. The van der Waals surface area contributed by atoms with E-state index in [1.165, 1.54) is 0 Å². The van der Waals surface area contributed by atoms with E-state index in [1.54, 1.807) is 48.5 Å². The Morgan fingerprint density at radius 2 is 1.79 bits per heavy atom. The Balaban J connectivity index is 1.48. The maximum Gasteiger partial charge on any atom is 0.256 e. The predicted molar refractivity (Wildman–Crippen MR) is 130 cm³/mol. The number of nitrogens with one attached hydrogen (secondary N) is 2. The lowest BCUT2D eigenvalue weighted by Crippen LogP contribution is -2.54. The summed E-state index contributed by atoms with van der Waals surface area (Å²) in [5, 5.41) is 19.4. The number of fused-ring (bicyclic) bond motifs is 2. The predicted octanol–water partition coefficient (Wildman–Crippen LogP) is 5.14. The summed E-state index contributed by atoms with van der Waals surface area (Å²) in [6, 6.07) is 18.0. The molecule has 0 unspecified atom stereocenters. The molecule has 174 valence electrons. The molecule has 0 saturated carbocycles. The van der Waals surface area contributed by atoms with Crippen LogP contribution in [0.25, 0.3) is 0 Å². The van der Waals surface area contributed by atoms with Crippen LogP contribution in [0.2, 0.25) is 10.0 Å². The van der Waals surface area contributed by atoms with Gasteiger partial charge in [0, 0.05) is 32.8 Å². The van der Waals surface area contributed by atoms with Crippen LogP contribution in [-0.4, -0.2) is 22.9 Å². The van der Waals surface area contributed by atoms with Crippen LogP contribution in [0, 0.1) is 10.1 Å². The van der Waals surface area contributed by atoms with Crippen molar-refractivity contribution in [3.8, 4) is 5.75 Å². The highest BCUT2D eigenvalue weighted by atomic mass is 35.5. The van der Waals surface area contributed by atoms with Crippen LogP contribution < -0.4 is 15.4 Å². The van der Waals surface area contributed by atoms with Crippen molar-refractivity contribution in [3.63, 3.8) is 0 Å². The fourth-order valence-electron chi connectivity index (χ4n) is 5.17. The molecule has 7 nitrogen and oxygen atoms in total. The number of nitrogens with zero attached hydrogens (tertiary/aromatic N) is 1. The maximum absolute atomic E-state index is 13.1. The largest absolute Gasteiger partial charge is 0.487 e. The average molecular weight is 498 g/mol. The van der Waals surface area contributed by atoms with E-state index in [2.05, 4.69) is 10.6 Å². The molecule has 1 spiro atoms. The van der Waals surface area contributed by atoms with Gasteiger partial charge in [-0.25, -0.2) is 0 Å². The first-order valence-electron chi connectivity index (χ1n) is 10.8. The molecular formula is C25H21Cl2N3O4. The molecule has 1 fully saturated rings. The number of halogens is 2. The van der Waals surface area contributed by atoms with Gasteiger partial charge in [-0.05, 0) is 36.8 Å². The van der Waals surface area contributed by atoms with Gasteiger partial charge < -0.3 is 10.1 Å². The third-order valence-electron chi connectivity index (χ3n) is 6.65. The Morgan fingerprint density at radius 1 is 1.06 bits per heavy atom. The minimum Gasteiger partial charge on any atom is -0.487 e. The standard InChI is InChI=1S/C25H21Cl2N3O4/c1-14-22(15-10-11-21(19(27)12-15)34-13-16-6-2-4-8-18(16)26)23(30(32)33)25(29-14)17-7-3-5-9-20(17)28-24(25)31/h2-12,14,22-23,29H,13H2,1H3,(H,28,31)/t14-,22-,23+,25-/m0/s1. The number of anilines is 1. The van der Waals surface area contributed by atoms with Crippen molar-refractivity contribution < 1.29 is 14.5 Å². The summed E-state index contributed by atoms with van der Waals surface area (Å²) >= 11 is 12.7. The second kappa shape index (κ2) is 8.58. The number of carbonyl (C=O) groups excluding carboxylic acids is 1. The molecule has 3 aromatic carbocycles. The SMILES string of the molecule is C[C@@H]1N[C@]2(C(=O)Nc3ccccc32)[C@H]([N+](=O)[O-])[C@@H]1c1ccc(OCc2ccccc2Cl)c(Cl)c1. The molecule has 0 aliphatic carbocycles. The van der Waals surface area contributed by atoms with Crippen molar-refractivity contribution >= 4 is 34.8 Å². The summed E-state index contributed by atoms with van der Waals surface area (Å²) in [5.41, 5.74) is 1.18. The molecule has 0 radical (unpaired) electrons. The monoisotopic (exact) mass is 497 g/mol. The Hall–Kier alpha value is -3.13. The number of amides is 1. The molecule has 2 heterocycles. The number of benzene rings is 3. The van der Waals surface area contributed by atoms with Crippen LogP contribution in [0.15, 0.2) is 66.7 Å². The van der Waals surface area contributed by atoms with Crippen molar-refractivity contribution in [3.05, 3.63) is 104 Å². The van der Waals surface area contributed by atoms with Crippen LogP contribution in [-0.2, 0) is 16.9 Å². The van der Waals surface area contributed by atoms with Crippen LogP contribution in [0.3, 0.4) is 0 Å². The van der Waals surface area contributed by atoms with Gasteiger partial charge in [-0.2, -0.15) is 0 Å². The van der Waals surface area contributed by atoms with Crippen LogP contribution in [0.1, 0.15) is 29.5 Å². The average Bonchev–Trinajstić information content (AvgIpc) is 3.28. The van der Waals surface area contributed by atoms with Crippen molar-refractivity contribution in [1.29, 1.82) is 0 Å². The Bertz CT molecular complexity index is 1300. The van der Waals surface area contributed by atoms with E-state index in [0.29, 0.717) is 32.6 Å². The second-order valence-corrected chi connectivity index (χ2v) is 9.38. The summed E-state index contributed by atoms with van der Waals surface area (Å²) in [4.78, 5) is 25.2. The topological polar surface area (TPSA) is 93.5 Å². The van der Waals surface area contributed by atoms with Gasteiger partial charge in [0.1, 0.15) is 12.4 Å². The van der Waals surface area contributed by atoms with E-state index in [1.807, 2.05) is 25.1 Å². The van der Waals surface area contributed by atoms with E-state index in [4.69, 9.17) is 27.9 Å². The van der Waals surface area contributed by atoms with Crippen LogP contribution in [0.4, 0.5) is 5.69 Å². The molecule has 3 aromatic rings. The minimum absolute atomic E-state index is 0.234. The molecule has 9 heteroatoms. The smallest absolute Gasteiger partial charge is 0.256 e. The van der Waals surface area contributed by atoms with Crippen molar-refractivity contribution in [1.82, 2.24) is 5.32 Å². The third kappa shape index (κ3) is 3.52. The third-order valence-corrected chi connectivity index (χ3v) is 7.31. The fourth-order valence-corrected chi connectivity index (χ4v) is 5.60. The molecule has 2 aliphatic rings.